The summed E-state index contributed by atoms with van der Waals surface area (Å²) in [5, 5.41) is 0. The van der Waals surface area contributed by atoms with E-state index >= 15 is 0 Å². The van der Waals surface area contributed by atoms with Crippen LogP contribution in [-0.4, -0.2) is 26.3 Å². The first-order valence-corrected chi connectivity index (χ1v) is 6.13. The van der Waals surface area contributed by atoms with Gasteiger partial charge in [0, 0.05) is 11.4 Å². The third-order valence-electron chi connectivity index (χ3n) is 1.73. The molecule has 1 rings (SSSR count). The van der Waals surface area contributed by atoms with Gasteiger partial charge in [-0.25, -0.2) is 8.42 Å². The monoisotopic (exact) mass is 232 g/mol. The van der Waals surface area contributed by atoms with Gasteiger partial charge in [-0.3, -0.25) is 4.79 Å². The molecule has 14 heavy (non-hydrogen) atoms. The summed E-state index contributed by atoms with van der Waals surface area (Å²) in [7, 11) is -3.42. The molecule has 3 nitrogen and oxygen atoms in total. The Morgan fingerprint density at radius 3 is 2.50 bits per heavy atom. The van der Waals surface area contributed by atoms with Crippen molar-refractivity contribution in [2.75, 3.05) is 11.6 Å². The Morgan fingerprint density at radius 1 is 1.29 bits per heavy atom. The van der Waals surface area contributed by atoms with Gasteiger partial charge in [-0.05, 0) is 6.07 Å². The molecule has 0 fully saturated rings. The zero-order valence-corrected chi connectivity index (χ0v) is 8.88. The van der Waals surface area contributed by atoms with Crippen molar-refractivity contribution in [3.05, 3.63) is 29.8 Å². The lowest BCUT2D eigenvalue weighted by atomic mass is 10.2. The van der Waals surface area contributed by atoms with E-state index in [1.165, 1.54) is 12.1 Å². The average Bonchev–Trinajstić information content (AvgIpc) is 2.18. The first-order chi connectivity index (χ1) is 6.61. The molecule has 0 unspecified atom stereocenters. The fourth-order valence-electron chi connectivity index (χ4n) is 1.07. The number of aldehydes is 1. The zero-order chi connectivity index (χ0) is 10.6. The highest BCUT2D eigenvalue weighted by atomic mass is 35.5. The molecule has 0 bridgehead atoms. The fraction of sp³-hybridized carbons (Fsp3) is 0.222. The fourth-order valence-corrected chi connectivity index (χ4v) is 2.87. The maximum atomic E-state index is 11.6. The molecule has 5 heteroatoms. The van der Waals surface area contributed by atoms with Gasteiger partial charge in [0.1, 0.15) is 0 Å². The highest BCUT2D eigenvalue weighted by Crippen LogP contribution is 2.15. The topological polar surface area (TPSA) is 51.2 Å². The summed E-state index contributed by atoms with van der Waals surface area (Å²) < 4.78 is 23.1. The van der Waals surface area contributed by atoms with E-state index in [4.69, 9.17) is 11.6 Å². The van der Waals surface area contributed by atoms with Gasteiger partial charge in [0.15, 0.2) is 16.1 Å². The van der Waals surface area contributed by atoms with E-state index in [1.807, 2.05) is 0 Å². The van der Waals surface area contributed by atoms with Crippen LogP contribution in [0.1, 0.15) is 10.4 Å². The summed E-state index contributed by atoms with van der Waals surface area (Å²) in [6.45, 7) is 0. The average molecular weight is 233 g/mol. The second-order valence-corrected chi connectivity index (χ2v) is 5.12. The van der Waals surface area contributed by atoms with Crippen molar-refractivity contribution in [2.24, 2.45) is 0 Å². The highest BCUT2D eigenvalue weighted by molar-refractivity contribution is 7.91. The predicted molar refractivity (Wildman–Crippen MR) is 54.6 cm³/mol. The van der Waals surface area contributed by atoms with Crippen LogP contribution in [0, 0.1) is 0 Å². The van der Waals surface area contributed by atoms with Gasteiger partial charge in [-0.2, -0.15) is 0 Å². The summed E-state index contributed by atoms with van der Waals surface area (Å²) >= 11 is 5.36. The molecule has 0 heterocycles. The normalized spacial score (nSPS) is 11.2. The Kier molecular flexibility index (Phi) is 3.66. The maximum absolute atomic E-state index is 11.6. The number of rotatable bonds is 4. The molecular weight excluding hydrogens is 224 g/mol. The summed E-state index contributed by atoms with van der Waals surface area (Å²) in [6.07, 6.45) is 0.529. The van der Waals surface area contributed by atoms with Crippen LogP contribution in [-0.2, 0) is 9.84 Å². The third-order valence-corrected chi connectivity index (χ3v) is 3.92. The molecule has 0 radical (unpaired) electrons. The van der Waals surface area contributed by atoms with Crippen LogP contribution in [0.25, 0.3) is 0 Å². The van der Waals surface area contributed by atoms with Crippen LogP contribution in [0.2, 0.25) is 0 Å². The molecule has 0 spiro atoms. The molecular formula is C9H9ClO3S. The predicted octanol–water partition coefficient (Wildman–Crippen LogP) is 1.51. The number of sulfone groups is 1. The lowest BCUT2D eigenvalue weighted by molar-refractivity contribution is 0.112. The van der Waals surface area contributed by atoms with Gasteiger partial charge in [0.2, 0.25) is 0 Å². The van der Waals surface area contributed by atoms with Gasteiger partial charge in [0.25, 0.3) is 0 Å². The van der Waals surface area contributed by atoms with Crippen LogP contribution < -0.4 is 0 Å². The van der Waals surface area contributed by atoms with Crippen molar-refractivity contribution in [1.82, 2.24) is 0 Å². The van der Waals surface area contributed by atoms with Gasteiger partial charge in [0.05, 0.1) is 10.6 Å². The van der Waals surface area contributed by atoms with Crippen molar-refractivity contribution >= 4 is 27.7 Å². The summed E-state index contributed by atoms with van der Waals surface area (Å²) in [5.74, 6) is -0.130. The number of carbonyl (C=O) groups is 1. The minimum Gasteiger partial charge on any atom is -0.298 e. The van der Waals surface area contributed by atoms with Crippen molar-refractivity contribution in [3.8, 4) is 0 Å². The third kappa shape index (κ3) is 2.33. The second kappa shape index (κ2) is 4.57. The smallest absolute Gasteiger partial charge is 0.180 e. The van der Waals surface area contributed by atoms with Crippen molar-refractivity contribution in [3.63, 3.8) is 0 Å². The molecule has 76 valence electrons. The van der Waals surface area contributed by atoms with E-state index in [2.05, 4.69) is 0 Å². The lowest BCUT2D eigenvalue weighted by Crippen LogP contribution is -2.10. The highest BCUT2D eigenvalue weighted by Gasteiger charge is 2.16. The van der Waals surface area contributed by atoms with E-state index in [1.54, 1.807) is 12.1 Å². The Balaban J connectivity index is 3.25. The molecule has 0 aliphatic rings. The Morgan fingerprint density at radius 2 is 1.93 bits per heavy atom. The molecule has 1 aromatic carbocycles. The quantitative estimate of drug-likeness (QED) is 0.584. The maximum Gasteiger partial charge on any atom is 0.180 e. The molecule has 0 aliphatic heterocycles. The van der Waals surface area contributed by atoms with Crippen LogP contribution in [0.3, 0.4) is 0 Å². The van der Waals surface area contributed by atoms with Crippen molar-refractivity contribution in [2.45, 2.75) is 4.90 Å². The first-order valence-electron chi connectivity index (χ1n) is 3.95. The van der Waals surface area contributed by atoms with E-state index in [-0.39, 0.29) is 22.1 Å². The number of halogens is 1. The molecule has 0 aromatic heterocycles. The summed E-state index contributed by atoms with van der Waals surface area (Å²) in [5.41, 5.74) is 0.178. The van der Waals surface area contributed by atoms with E-state index in [0.29, 0.717) is 6.29 Å². The Labute approximate surface area is 87.6 Å². The van der Waals surface area contributed by atoms with Crippen LogP contribution in [0.5, 0.6) is 0 Å². The SMILES string of the molecule is O=Cc1ccccc1S(=O)(=O)CCCl. The minimum atomic E-state index is -3.42. The Bertz CT molecular complexity index is 425. The second-order valence-electron chi connectivity index (χ2n) is 2.66. The lowest BCUT2D eigenvalue weighted by Gasteiger charge is -2.03. The van der Waals surface area contributed by atoms with Gasteiger partial charge in [-0.15, -0.1) is 11.6 Å². The number of hydrogen-bond donors (Lipinski definition) is 0. The van der Waals surface area contributed by atoms with Gasteiger partial charge in [-0.1, -0.05) is 18.2 Å². The van der Waals surface area contributed by atoms with Crippen LogP contribution in [0.15, 0.2) is 29.2 Å². The molecule has 0 amide bonds. The van der Waals surface area contributed by atoms with E-state index in [0.717, 1.165) is 0 Å². The zero-order valence-electron chi connectivity index (χ0n) is 7.31. The molecule has 0 atom stereocenters. The summed E-state index contributed by atoms with van der Waals surface area (Å²) in [6, 6.07) is 6.07. The van der Waals surface area contributed by atoms with Gasteiger partial charge < -0.3 is 0 Å². The molecule has 0 saturated heterocycles. The Hall–Kier alpha value is -0.870. The standard InChI is InChI=1S/C9H9ClO3S/c10-5-6-14(12,13)9-4-2-1-3-8(9)7-11/h1-4,7H,5-6H2. The molecule has 0 saturated carbocycles. The van der Waals surface area contributed by atoms with Crippen LogP contribution in [0.4, 0.5) is 0 Å². The number of alkyl halides is 1. The largest absolute Gasteiger partial charge is 0.298 e. The number of carbonyl (C=O) groups excluding carboxylic acids is 1. The van der Waals surface area contributed by atoms with E-state index in [9.17, 15) is 13.2 Å². The van der Waals surface area contributed by atoms with Gasteiger partial charge >= 0.3 is 0 Å². The molecule has 1 aromatic rings. The van der Waals surface area contributed by atoms with E-state index < -0.39 is 9.84 Å². The van der Waals surface area contributed by atoms with Crippen LogP contribution >= 0.6 is 11.6 Å². The first kappa shape index (κ1) is 11.2. The molecule has 0 N–H and O–H groups in total. The van der Waals surface area contributed by atoms with Crippen molar-refractivity contribution < 1.29 is 13.2 Å². The molecule has 0 aliphatic carbocycles. The number of benzene rings is 1. The summed E-state index contributed by atoms with van der Waals surface area (Å²) in [4.78, 5) is 10.6. The number of hydrogen-bond acceptors (Lipinski definition) is 3. The van der Waals surface area contributed by atoms with Crippen molar-refractivity contribution in [1.29, 1.82) is 0 Å². The minimum absolute atomic E-state index is 0.0233.